The average Bonchev–Trinajstić information content (AvgIpc) is 2.55. The van der Waals surface area contributed by atoms with Crippen LogP contribution in [-0.4, -0.2) is 33.7 Å². The molecule has 1 N–H and O–H groups in total. The van der Waals surface area contributed by atoms with Crippen molar-refractivity contribution in [3.05, 3.63) is 46.5 Å². The van der Waals surface area contributed by atoms with Crippen molar-refractivity contribution in [2.75, 3.05) is 11.1 Å². The standard InChI is InChI=1S/C17H17ClFN3O3S/c1-9-6-10(2)21-17(20-9)26-8-15(23)25-11(3)16(24)22-12-4-5-14(19)13(18)7-12/h4-7,11H,8H2,1-3H3,(H,22,24)/t11-/m1/s1. The summed E-state index contributed by atoms with van der Waals surface area (Å²) in [4.78, 5) is 32.4. The van der Waals surface area contributed by atoms with Crippen LogP contribution in [0, 0.1) is 19.7 Å². The quantitative estimate of drug-likeness (QED) is 0.456. The van der Waals surface area contributed by atoms with Crippen molar-refractivity contribution in [2.45, 2.75) is 32.0 Å². The topological polar surface area (TPSA) is 81.2 Å². The number of carbonyl (C=O) groups excluding carboxylic acids is 2. The van der Waals surface area contributed by atoms with Gasteiger partial charge in [0.1, 0.15) is 5.82 Å². The van der Waals surface area contributed by atoms with Gasteiger partial charge in [0, 0.05) is 17.1 Å². The van der Waals surface area contributed by atoms with Crippen LogP contribution in [0.2, 0.25) is 5.02 Å². The molecule has 1 atom stereocenters. The highest BCUT2D eigenvalue weighted by Crippen LogP contribution is 2.20. The second-order valence-electron chi connectivity index (χ2n) is 5.47. The van der Waals surface area contributed by atoms with E-state index in [1.54, 1.807) is 0 Å². The Bertz CT molecular complexity index is 815. The number of nitrogens with one attached hydrogen (secondary N) is 1. The number of ether oxygens (including phenoxy) is 1. The van der Waals surface area contributed by atoms with E-state index in [1.165, 1.54) is 19.1 Å². The van der Waals surface area contributed by atoms with Gasteiger partial charge >= 0.3 is 5.97 Å². The van der Waals surface area contributed by atoms with E-state index in [0.29, 0.717) is 10.8 Å². The molecule has 9 heteroatoms. The number of aromatic nitrogens is 2. The number of aryl methyl sites for hydroxylation is 2. The second kappa shape index (κ2) is 8.95. The first-order valence-electron chi connectivity index (χ1n) is 7.65. The van der Waals surface area contributed by atoms with Crippen molar-refractivity contribution in [2.24, 2.45) is 0 Å². The molecule has 0 aliphatic carbocycles. The monoisotopic (exact) mass is 397 g/mol. The number of benzene rings is 1. The summed E-state index contributed by atoms with van der Waals surface area (Å²) in [6.45, 7) is 5.12. The number of carbonyl (C=O) groups is 2. The lowest BCUT2D eigenvalue weighted by atomic mass is 10.3. The van der Waals surface area contributed by atoms with Crippen molar-refractivity contribution in [1.82, 2.24) is 9.97 Å². The van der Waals surface area contributed by atoms with Crippen LogP contribution >= 0.6 is 23.4 Å². The predicted octanol–water partition coefficient (Wildman–Crippen LogP) is 3.55. The third-order valence-electron chi connectivity index (χ3n) is 3.15. The smallest absolute Gasteiger partial charge is 0.317 e. The first-order valence-corrected chi connectivity index (χ1v) is 9.01. The summed E-state index contributed by atoms with van der Waals surface area (Å²) in [5, 5.41) is 2.86. The summed E-state index contributed by atoms with van der Waals surface area (Å²) in [6.07, 6.45) is -1.02. The Morgan fingerprint density at radius 1 is 1.27 bits per heavy atom. The molecule has 0 bridgehead atoms. The Hall–Kier alpha value is -2.19. The lowest BCUT2D eigenvalue weighted by Crippen LogP contribution is -2.30. The molecular weight excluding hydrogens is 381 g/mol. The summed E-state index contributed by atoms with van der Waals surface area (Å²) in [6, 6.07) is 5.60. The van der Waals surface area contributed by atoms with E-state index in [2.05, 4.69) is 15.3 Å². The Balaban J connectivity index is 1.85. The first-order chi connectivity index (χ1) is 12.2. The SMILES string of the molecule is Cc1cc(C)nc(SCC(=O)O[C@H](C)C(=O)Nc2ccc(F)c(Cl)c2)n1. The number of halogens is 2. The van der Waals surface area contributed by atoms with Crippen LogP contribution in [0.4, 0.5) is 10.1 Å². The van der Waals surface area contributed by atoms with Crippen LogP contribution < -0.4 is 5.32 Å². The highest BCUT2D eigenvalue weighted by atomic mass is 35.5. The van der Waals surface area contributed by atoms with Gasteiger partial charge in [-0.1, -0.05) is 23.4 Å². The molecule has 0 saturated carbocycles. The Labute approximate surface area is 159 Å². The van der Waals surface area contributed by atoms with E-state index in [-0.39, 0.29) is 10.8 Å². The molecule has 0 saturated heterocycles. The van der Waals surface area contributed by atoms with Crippen LogP contribution in [0.5, 0.6) is 0 Å². The lowest BCUT2D eigenvalue weighted by molar-refractivity contribution is -0.150. The number of thioether (sulfide) groups is 1. The molecule has 0 aliphatic heterocycles. The second-order valence-corrected chi connectivity index (χ2v) is 6.82. The summed E-state index contributed by atoms with van der Waals surface area (Å²) in [7, 11) is 0. The van der Waals surface area contributed by atoms with Gasteiger partial charge in [-0.2, -0.15) is 0 Å². The van der Waals surface area contributed by atoms with Gasteiger partial charge in [0.15, 0.2) is 11.3 Å². The van der Waals surface area contributed by atoms with Gasteiger partial charge in [-0.05, 0) is 45.0 Å². The van der Waals surface area contributed by atoms with E-state index in [4.69, 9.17) is 16.3 Å². The van der Waals surface area contributed by atoms with Gasteiger partial charge in [-0.3, -0.25) is 9.59 Å². The number of rotatable bonds is 6. The van der Waals surface area contributed by atoms with E-state index >= 15 is 0 Å². The van der Waals surface area contributed by atoms with Crippen molar-refractivity contribution in [3.8, 4) is 0 Å². The molecule has 0 aliphatic rings. The summed E-state index contributed by atoms with van der Waals surface area (Å²) >= 11 is 6.79. The number of anilines is 1. The molecule has 26 heavy (non-hydrogen) atoms. The van der Waals surface area contributed by atoms with E-state index in [1.807, 2.05) is 19.9 Å². The number of esters is 1. The molecule has 138 valence electrons. The first kappa shape index (κ1) is 20.1. The molecule has 2 rings (SSSR count). The minimum atomic E-state index is -1.02. The average molecular weight is 398 g/mol. The maximum Gasteiger partial charge on any atom is 0.317 e. The normalized spacial score (nSPS) is 11.7. The number of hydrogen-bond acceptors (Lipinski definition) is 6. The summed E-state index contributed by atoms with van der Waals surface area (Å²) < 4.78 is 18.2. The number of amides is 1. The van der Waals surface area contributed by atoms with Gasteiger partial charge in [-0.15, -0.1) is 0 Å². The zero-order valence-electron chi connectivity index (χ0n) is 14.4. The molecule has 0 radical (unpaired) electrons. The molecule has 0 unspecified atom stereocenters. The van der Waals surface area contributed by atoms with Crippen LogP contribution in [0.1, 0.15) is 18.3 Å². The highest BCUT2D eigenvalue weighted by molar-refractivity contribution is 7.99. The molecule has 1 amide bonds. The fourth-order valence-corrected chi connectivity index (χ4v) is 2.90. The zero-order valence-corrected chi connectivity index (χ0v) is 15.9. The van der Waals surface area contributed by atoms with Crippen LogP contribution in [0.25, 0.3) is 0 Å². The minimum absolute atomic E-state index is 0.0249. The van der Waals surface area contributed by atoms with Crippen molar-refractivity contribution >= 4 is 40.9 Å². The highest BCUT2D eigenvalue weighted by Gasteiger charge is 2.19. The molecular formula is C17H17ClFN3O3S. The lowest BCUT2D eigenvalue weighted by Gasteiger charge is -2.13. The van der Waals surface area contributed by atoms with E-state index < -0.39 is 23.8 Å². The van der Waals surface area contributed by atoms with E-state index in [9.17, 15) is 14.0 Å². The third kappa shape index (κ3) is 5.96. The van der Waals surface area contributed by atoms with Crippen LogP contribution in [-0.2, 0) is 14.3 Å². The number of hydrogen-bond donors (Lipinski definition) is 1. The molecule has 6 nitrogen and oxygen atoms in total. The van der Waals surface area contributed by atoms with Crippen molar-refractivity contribution < 1.29 is 18.7 Å². The predicted molar refractivity (Wildman–Crippen MR) is 97.8 cm³/mol. The maximum absolute atomic E-state index is 13.1. The fourth-order valence-electron chi connectivity index (χ4n) is 1.98. The van der Waals surface area contributed by atoms with Gasteiger partial charge < -0.3 is 10.1 Å². The van der Waals surface area contributed by atoms with Gasteiger partial charge in [-0.25, -0.2) is 14.4 Å². The molecule has 1 aromatic heterocycles. The number of nitrogens with zero attached hydrogens (tertiary/aromatic N) is 2. The zero-order chi connectivity index (χ0) is 19.3. The molecule has 0 spiro atoms. The van der Waals surface area contributed by atoms with Gasteiger partial charge in [0.25, 0.3) is 5.91 Å². The molecule has 1 aromatic carbocycles. The largest absolute Gasteiger partial charge is 0.452 e. The van der Waals surface area contributed by atoms with Gasteiger partial charge in [0.05, 0.1) is 10.8 Å². The Morgan fingerprint density at radius 2 is 1.92 bits per heavy atom. The minimum Gasteiger partial charge on any atom is -0.452 e. The molecule has 2 aromatic rings. The van der Waals surface area contributed by atoms with E-state index in [0.717, 1.165) is 29.2 Å². The summed E-state index contributed by atoms with van der Waals surface area (Å²) in [5.41, 5.74) is 1.92. The molecule has 1 heterocycles. The van der Waals surface area contributed by atoms with Crippen molar-refractivity contribution in [3.63, 3.8) is 0 Å². The van der Waals surface area contributed by atoms with Crippen molar-refractivity contribution in [1.29, 1.82) is 0 Å². The third-order valence-corrected chi connectivity index (χ3v) is 4.26. The van der Waals surface area contributed by atoms with Crippen LogP contribution in [0.3, 0.4) is 0 Å². The summed E-state index contributed by atoms with van der Waals surface area (Å²) in [5.74, 6) is -1.73. The Morgan fingerprint density at radius 3 is 2.54 bits per heavy atom. The maximum atomic E-state index is 13.1. The molecule has 0 fully saturated rings. The Kier molecular flexibility index (Phi) is 6.93. The van der Waals surface area contributed by atoms with Gasteiger partial charge in [0.2, 0.25) is 0 Å². The van der Waals surface area contributed by atoms with Crippen LogP contribution in [0.15, 0.2) is 29.4 Å². The fraction of sp³-hybridized carbons (Fsp3) is 0.294.